The van der Waals surface area contributed by atoms with E-state index in [2.05, 4.69) is 4.98 Å². The van der Waals surface area contributed by atoms with Gasteiger partial charge >= 0.3 is 0 Å². The van der Waals surface area contributed by atoms with E-state index in [-0.39, 0.29) is 28.6 Å². The van der Waals surface area contributed by atoms with Gasteiger partial charge < -0.3 is 9.47 Å². The van der Waals surface area contributed by atoms with E-state index in [1.54, 1.807) is 37.6 Å². The molecule has 27 heavy (non-hydrogen) atoms. The summed E-state index contributed by atoms with van der Waals surface area (Å²) in [5.41, 5.74) is 0.399. The van der Waals surface area contributed by atoms with Gasteiger partial charge in [0.15, 0.2) is 15.7 Å². The lowest BCUT2D eigenvalue weighted by atomic mass is 9.89. The first-order valence-electron chi connectivity index (χ1n) is 8.84. The number of rotatable bonds is 5. The fourth-order valence-corrected chi connectivity index (χ4v) is 4.40. The Bertz CT molecular complexity index is 1010. The average Bonchev–Trinajstić information content (AvgIpc) is 2.64. The van der Waals surface area contributed by atoms with Crippen molar-refractivity contribution in [1.82, 2.24) is 9.55 Å². The van der Waals surface area contributed by atoms with Crippen LogP contribution in [0, 0.1) is 5.92 Å². The van der Waals surface area contributed by atoms with Crippen LogP contribution in [0.4, 0.5) is 5.82 Å². The third-order valence-electron chi connectivity index (χ3n) is 4.99. The van der Waals surface area contributed by atoms with Crippen LogP contribution in [0.3, 0.4) is 0 Å². The van der Waals surface area contributed by atoms with Crippen LogP contribution in [0.2, 0.25) is 0 Å². The number of piperidine rings is 1. The molecule has 2 aromatic rings. The van der Waals surface area contributed by atoms with E-state index in [4.69, 9.17) is 0 Å². The summed E-state index contributed by atoms with van der Waals surface area (Å²) in [6.45, 7) is 1.16. The second-order valence-electron chi connectivity index (χ2n) is 6.95. The smallest absolute Gasteiger partial charge is 0.293 e. The molecular formula is C19H23N3O4S. The maximum absolute atomic E-state index is 12.7. The third kappa shape index (κ3) is 4.27. The highest BCUT2D eigenvalue weighted by atomic mass is 32.2. The van der Waals surface area contributed by atoms with Crippen molar-refractivity contribution < 1.29 is 13.2 Å². The number of carbonyl (C=O) groups is 1. The topological polar surface area (TPSA) is 89.3 Å². The average molecular weight is 389 g/mol. The lowest BCUT2D eigenvalue weighted by Gasteiger charge is -2.31. The number of aromatic nitrogens is 2. The molecule has 0 saturated carbocycles. The number of carbonyl (C=O) groups excluding carboxylic acids is 1. The molecule has 0 amide bonds. The highest BCUT2D eigenvalue weighted by Crippen LogP contribution is 2.24. The summed E-state index contributed by atoms with van der Waals surface area (Å²) in [5.74, 6) is 0.314. The molecule has 0 radical (unpaired) electrons. The molecule has 1 saturated heterocycles. The number of hydrogen-bond acceptors (Lipinski definition) is 6. The molecule has 1 aliphatic rings. The molecule has 1 aliphatic heterocycles. The van der Waals surface area contributed by atoms with E-state index >= 15 is 0 Å². The fourth-order valence-electron chi connectivity index (χ4n) is 3.46. The zero-order valence-electron chi connectivity index (χ0n) is 15.5. The maximum atomic E-state index is 12.7. The first-order chi connectivity index (χ1) is 12.8. The van der Waals surface area contributed by atoms with Gasteiger partial charge in [0.05, 0.1) is 4.90 Å². The van der Waals surface area contributed by atoms with Crippen LogP contribution < -0.4 is 10.5 Å². The van der Waals surface area contributed by atoms with Gasteiger partial charge in [0.25, 0.3) is 5.56 Å². The van der Waals surface area contributed by atoms with Gasteiger partial charge in [0, 0.05) is 51.1 Å². The summed E-state index contributed by atoms with van der Waals surface area (Å²) >= 11 is 0. The lowest BCUT2D eigenvalue weighted by Crippen LogP contribution is -2.40. The van der Waals surface area contributed by atoms with Crippen LogP contribution in [-0.4, -0.2) is 43.1 Å². The van der Waals surface area contributed by atoms with E-state index in [0.717, 1.165) is 6.26 Å². The van der Waals surface area contributed by atoms with E-state index in [1.165, 1.54) is 10.6 Å². The molecule has 0 unspecified atom stereocenters. The summed E-state index contributed by atoms with van der Waals surface area (Å²) in [7, 11) is -1.69. The highest BCUT2D eigenvalue weighted by Gasteiger charge is 2.27. The predicted octanol–water partition coefficient (Wildman–Crippen LogP) is 1.21. The van der Waals surface area contributed by atoms with Crippen LogP contribution in [0.5, 0.6) is 0 Å². The van der Waals surface area contributed by atoms with Crippen LogP contribution in [0.15, 0.2) is 46.3 Å². The first-order valence-corrected chi connectivity index (χ1v) is 10.7. The second kappa shape index (κ2) is 7.64. The summed E-state index contributed by atoms with van der Waals surface area (Å²) in [5, 5.41) is 0. The van der Waals surface area contributed by atoms with Gasteiger partial charge in [0.1, 0.15) is 5.78 Å². The molecular weight excluding hydrogens is 366 g/mol. The number of hydrogen-bond donors (Lipinski definition) is 0. The Morgan fingerprint density at radius 2 is 1.89 bits per heavy atom. The SMILES string of the molecule is Cn1ccnc(N2CCC(C(=O)Cc3ccccc3S(C)(=O)=O)CC2)c1=O. The van der Waals surface area contributed by atoms with Gasteiger partial charge in [0.2, 0.25) is 0 Å². The van der Waals surface area contributed by atoms with Gasteiger partial charge in [-0.3, -0.25) is 9.59 Å². The van der Waals surface area contributed by atoms with Crippen molar-refractivity contribution in [3.05, 3.63) is 52.6 Å². The second-order valence-corrected chi connectivity index (χ2v) is 8.94. The molecule has 0 atom stereocenters. The predicted molar refractivity (Wildman–Crippen MR) is 103 cm³/mol. The standard InChI is InChI=1S/C19H23N3O4S/c1-21-12-9-20-18(19(21)24)22-10-7-14(8-11-22)16(23)13-15-5-3-4-6-17(15)27(2,25)26/h3-6,9,12,14H,7-8,10-11,13H2,1-2H3. The maximum Gasteiger partial charge on any atom is 0.293 e. The van der Waals surface area contributed by atoms with Crippen molar-refractivity contribution in [1.29, 1.82) is 0 Å². The zero-order valence-corrected chi connectivity index (χ0v) is 16.3. The van der Waals surface area contributed by atoms with Crippen molar-refractivity contribution in [2.45, 2.75) is 24.2 Å². The van der Waals surface area contributed by atoms with E-state index in [0.29, 0.717) is 37.3 Å². The molecule has 7 nitrogen and oxygen atoms in total. The Hall–Kier alpha value is -2.48. The molecule has 1 aromatic heterocycles. The van der Waals surface area contributed by atoms with Crippen LogP contribution in [0.1, 0.15) is 18.4 Å². The Morgan fingerprint density at radius 1 is 1.22 bits per heavy atom. The summed E-state index contributed by atoms with van der Waals surface area (Å²) < 4.78 is 25.3. The van der Waals surface area contributed by atoms with Gasteiger partial charge in [-0.1, -0.05) is 18.2 Å². The minimum atomic E-state index is -3.37. The highest BCUT2D eigenvalue weighted by molar-refractivity contribution is 7.90. The zero-order chi connectivity index (χ0) is 19.6. The minimum Gasteiger partial charge on any atom is -0.352 e. The number of anilines is 1. The number of benzene rings is 1. The van der Waals surface area contributed by atoms with Crippen molar-refractivity contribution in [2.75, 3.05) is 24.2 Å². The van der Waals surface area contributed by atoms with Gasteiger partial charge in [-0.15, -0.1) is 0 Å². The number of Topliss-reactive ketones (excluding diaryl/α,β-unsaturated/α-hetero) is 1. The van der Waals surface area contributed by atoms with Crippen LogP contribution in [-0.2, 0) is 28.1 Å². The van der Waals surface area contributed by atoms with E-state index < -0.39 is 9.84 Å². The van der Waals surface area contributed by atoms with Crippen LogP contribution in [0.25, 0.3) is 0 Å². The molecule has 0 N–H and O–H groups in total. The molecule has 0 aliphatic carbocycles. The van der Waals surface area contributed by atoms with E-state index in [9.17, 15) is 18.0 Å². The molecule has 0 bridgehead atoms. The van der Waals surface area contributed by atoms with Gasteiger partial charge in [-0.25, -0.2) is 13.4 Å². The number of ketones is 1. The summed E-state index contributed by atoms with van der Waals surface area (Å²) in [4.78, 5) is 31.2. The molecule has 144 valence electrons. The Labute approximate surface area is 158 Å². The van der Waals surface area contributed by atoms with Crippen molar-refractivity contribution in [3.63, 3.8) is 0 Å². The Kier molecular flexibility index (Phi) is 5.46. The summed E-state index contributed by atoms with van der Waals surface area (Å²) in [6.07, 6.45) is 5.72. The molecule has 0 spiro atoms. The Morgan fingerprint density at radius 3 is 2.56 bits per heavy atom. The fraction of sp³-hybridized carbons (Fsp3) is 0.421. The lowest BCUT2D eigenvalue weighted by molar-refractivity contribution is -0.122. The monoisotopic (exact) mass is 389 g/mol. The van der Waals surface area contributed by atoms with Crippen molar-refractivity contribution in [3.8, 4) is 0 Å². The van der Waals surface area contributed by atoms with Crippen molar-refractivity contribution >= 4 is 21.4 Å². The minimum absolute atomic E-state index is 0.0414. The Balaban J connectivity index is 1.68. The molecule has 3 rings (SSSR count). The van der Waals surface area contributed by atoms with Crippen LogP contribution >= 0.6 is 0 Å². The molecule has 2 heterocycles. The largest absolute Gasteiger partial charge is 0.352 e. The van der Waals surface area contributed by atoms with Crippen molar-refractivity contribution in [2.24, 2.45) is 13.0 Å². The van der Waals surface area contributed by atoms with Gasteiger partial charge in [-0.05, 0) is 24.5 Å². The number of nitrogens with zero attached hydrogens (tertiary/aromatic N) is 3. The normalized spacial score (nSPS) is 15.7. The first kappa shape index (κ1) is 19.3. The third-order valence-corrected chi connectivity index (χ3v) is 6.18. The molecule has 8 heteroatoms. The van der Waals surface area contributed by atoms with Gasteiger partial charge in [-0.2, -0.15) is 0 Å². The quantitative estimate of drug-likeness (QED) is 0.764. The summed E-state index contributed by atoms with van der Waals surface area (Å²) in [6, 6.07) is 6.64. The number of sulfone groups is 1. The number of aryl methyl sites for hydroxylation is 1. The van der Waals surface area contributed by atoms with E-state index in [1.807, 2.05) is 4.90 Å². The molecule has 1 aromatic carbocycles. The molecule has 1 fully saturated rings.